The van der Waals surface area contributed by atoms with Gasteiger partial charge in [0.15, 0.2) is 0 Å². The molecule has 0 heterocycles. The number of hydrogen-bond acceptors (Lipinski definition) is 4. The van der Waals surface area contributed by atoms with Gasteiger partial charge >= 0.3 is 11.9 Å². The van der Waals surface area contributed by atoms with E-state index in [1.165, 1.54) is 65.2 Å². The van der Waals surface area contributed by atoms with Crippen molar-refractivity contribution in [1.29, 1.82) is 0 Å². The van der Waals surface area contributed by atoms with Gasteiger partial charge in [0.05, 0.1) is 0 Å². The summed E-state index contributed by atoms with van der Waals surface area (Å²) in [6.07, 6.45) is 17.8. The SMILES string of the molecule is CC(=O)OCC(CCC(C)C1CCC2(C)C1CCC1(C)C2C=CC2C3(C)CCC(C)C(C)(C)C3CCC21C)OC(C)=O. The minimum atomic E-state index is -0.348. The van der Waals surface area contributed by atoms with Gasteiger partial charge in [0.2, 0.25) is 0 Å². The number of rotatable bonds is 7. The van der Waals surface area contributed by atoms with Crippen LogP contribution in [0.25, 0.3) is 0 Å². The van der Waals surface area contributed by atoms with E-state index in [4.69, 9.17) is 9.47 Å². The molecule has 5 aliphatic carbocycles. The average molecular weight is 583 g/mol. The number of fused-ring (bicyclic) bond motifs is 7. The van der Waals surface area contributed by atoms with Crippen molar-refractivity contribution in [2.45, 2.75) is 140 Å². The normalized spacial score (nSPS) is 46.8. The predicted molar refractivity (Wildman–Crippen MR) is 169 cm³/mol. The van der Waals surface area contributed by atoms with Crippen molar-refractivity contribution in [3.8, 4) is 0 Å². The average Bonchev–Trinajstić information content (AvgIpc) is 3.25. The summed E-state index contributed by atoms with van der Waals surface area (Å²) in [6, 6.07) is 0. The Labute approximate surface area is 257 Å². The standard InChI is InChI=1S/C38H62O4/c1-24(11-12-28(42-27(4)40)23-41-26(3)39)29-16-20-35(7)30(29)17-21-37(9)32(35)13-14-33-36(8)19-15-25(2)34(5,6)31(36)18-22-38(33,37)10/h13-14,24-25,28-33H,11-12,15-23H2,1-10H3. The second-order valence-electron chi connectivity index (χ2n) is 17.5. The Morgan fingerprint density at radius 1 is 0.786 bits per heavy atom. The monoisotopic (exact) mass is 582 g/mol. The van der Waals surface area contributed by atoms with Gasteiger partial charge in [-0.1, -0.05) is 67.5 Å². The zero-order valence-corrected chi connectivity index (χ0v) is 28.7. The maximum Gasteiger partial charge on any atom is 0.303 e. The van der Waals surface area contributed by atoms with Crippen LogP contribution in [0.1, 0.15) is 133 Å². The number of carbonyl (C=O) groups excluding carboxylic acids is 2. The maximum atomic E-state index is 11.7. The molecule has 5 aliphatic rings. The van der Waals surface area contributed by atoms with Crippen LogP contribution < -0.4 is 0 Å². The lowest BCUT2D eigenvalue weighted by atomic mass is 9.33. The quantitative estimate of drug-likeness (QED) is 0.222. The van der Waals surface area contributed by atoms with Crippen molar-refractivity contribution in [3.63, 3.8) is 0 Å². The molecule has 0 radical (unpaired) electrons. The molecule has 12 unspecified atom stereocenters. The first kappa shape index (κ1) is 32.1. The number of ether oxygens (including phenoxy) is 2. The number of allylic oxidation sites excluding steroid dienone is 2. The largest absolute Gasteiger partial charge is 0.462 e. The van der Waals surface area contributed by atoms with Crippen LogP contribution in [0.3, 0.4) is 0 Å². The molecule has 12 atom stereocenters. The Morgan fingerprint density at radius 2 is 1.38 bits per heavy atom. The molecule has 5 rings (SSSR count). The maximum absolute atomic E-state index is 11.7. The molecule has 42 heavy (non-hydrogen) atoms. The fourth-order valence-corrected chi connectivity index (χ4v) is 12.6. The Bertz CT molecular complexity index is 1080. The van der Waals surface area contributed by atoms with Crippen LogP contribution in [0.15, 0.2) is 12.2 Å². The molecule has 0 aromatic carbocycles. The summed E-state index contributed by atoms with van der Waals surface area (Å²) >= 11 is 0. The zero-order chi connectivity index (χ0) is 30.9. The van der Waals surface area contributed by atoms with Gasteiger partial charge in [0, 0.05) is 13.8 Å². The first-order chi connectivity index (χ1) is 19.5. The summed E-state index contributed by atoms with van der Waals surface area (Å²) in [4.78, 5) is 23.1. The second-order valence-corrected chi connectivity index (χ2v) is 17.5. The molecule has 0 aromatic heterocycles. The highest BCUT2D eigenvalue weighted by Gasteiger charge is 2.69. The lowest BCUT2D eigenvalue weighted by Crippen LogP contribution is -2.65. The molecule has 4 fully saturated rings. The van der Waals surface area contributed by atoms with E-state index in [1.807, 2.05) is 0 Å². The fraction of sp³-hybridized carbons (Fsp3) is 0.895. The molecule has 4 saturated carbocycles. The topological polar surface area (TPSA) is 52.6 Å². The van der Waals surface area contributed by atoms with E-state index in [9.17, 15) is 9.59 Å². The fourth-order valence-electron chi connectivity index (χ4n) is 12.6. The lowest BCUT2D eigenvalue weighted by Gasteiger charge is -2.71. The van der Waals surface area contributed by atoms with Gasteiger partial charge in [-0.15, -0.1) is 0 Å². The van der Waals surface area contributed by atoms with E-state index in [2.05, 4.69) is 67.5 Å². The summed E-state index contributed by atoms with van der Waals surface area (Å²) in [5.41, 5.74) is 1.89. The molecule has 0 spiro atoms. The van der Waals surface area contributed by atoms with Crippen LogP contribution in [0.4, 0.5) is 0 Å². The van der Waals surface area contributed by atoms with Gasteiger partial charge in [-0.05, 0) is 133 Å². The van der Waals surface area contributed by atoms with Gasteiger partial charge in [-0.3, -0.25) is 9.59 Å². The molecular formula is C38H62O4. The van der Waals surface area contributed by atoms with Crippen molar-refractivity contribution in [3.05, 3.63) is 12.2 Å². The Balaban J connectivity index is 1.35. The minimum Gasteiger partial charge on any atom is -0.462 e. The number of esters is 2. The Hall–Kier alpha value is -1.32. The molecule has 0 saturated heterocycles. The van der Waals surface area contributed by atoms with Crippen LogP contribution in [-0.2, 0) is 19.1 Å². The van der Waals surface area contributed by atoms with E-state index >= 15 is 0 Å². The van der Waals surface area contributed by atoms with Crippen LogP contribution >= 0.6 is 0 Å². The second kappa shape index (κ2) is 10.9. The number of carbonyl (C=O) groups is 2. The van der Waals surface area contributed by atoms with Crippen molar-refractivity contribution >= 4 is 11.9 Å². The molecule has 4 nitrogen and oxygen atoms in total. The highest BCUT2D eigenvalue weighted by Crippen LogP contribution is 2.76. The summed E-state index contributed by atoms with van der Waals surface area (Å²) in [7, 11) is 0. The van der Waals surface area contributed by atoms with E-state index in [-0.39, 0.29) is 24.6 Å². The van der Waals surface area contributed by atoms with E-state index in [0.717, 1.165) is 30.6 Å². The van der Waals surface area contributed by atoms with Crippen LogP contribution in [0, 0.1) is 68.5 Å². The Morgan fingerprint density at radius 3 is 2.00 bits per heavy atom. The van der Waals surface area contributed by atoms with E-state index in [0.29, 0.717) is 50.7 Å². The summed E-state index contributed by atoms with van der Waals surface area (Å²) < 4.78 is 10.7. The molecule has 0 aromatic rings. The first-order valence-electron chi connectivity index (χ1n) is 17.5. The molecule has 0 amide bonds. The van der Waals surface area contributed by atoms with Gasteiger partial charge in [0.25, 0.3) is 0 Å². The predicted octanol–water partition coefficient (Wildman–Crippen LogP) is 9.41. The molecule has 238 valence electrons. The van der Waals surface area contributed by atoms with Gasteiger partial charge in [-0.2, -0.15) is 0 Å². The van der Waals surface area contributed by atoms with Crippen molar-refractivity contribution in [2.24, 2.45) is 68.5 Å². The lowest BCUT2D eigenvalue weighted by molar-refractivity contribution is -0.205. The van der Waals surface area contributed by atoms with Gasteiger partial charge < -0.3 is 9.47 Å². The third-order valence-electron chi connectivity index (χ3n) is 15.5. The summed E-state index contributed by atoms with van der Waals surface area (Å²) in [6.45, 7) is 23.9. The van der Waals surface area contributed by atoms with Crippen LogP contribution in [0.2, 0.25) is 0 Å². The van der Waals surface area contributed by atoms with E-state index < -0.39 is 0 Å². The smallest absolute Gasteiger partial charge is 0.303 e. The first-order valence-corrected chi connectivity index (χ1v) is 17.5. The zero-order valence-electron chi connectivity index (χ0n) is 28.7. The third-order valence-corrected chi connectivity index (χ3v) is 15.5. The molecular weight excluding hydrogens is 520 g/mol. The third kappa shape index (κ3) is 4.83. The van der Waals surface area contributed by atoms with Gasteiger partial charge in [0.1, 0.15) is 12.7 Å². The van der Waals surface area contributed by atoms with Crippen molar-refractivity contribution in [2.75, 3.05) is 6.61 Å². The van der Waals surface area contributed by atoms with Crippen molar-refractivity contribution < 1.29 is 19.1 Å². The van der Waals surface area contributed by atoms with Crippen LogP contribution in [0.5, 0.6) is 0 Å². The molecule has 0 N–H and O–H groups in total. The highest BCUT2D eigenvalue weighted by molar-refractivity contribution is 5.67. The summed E-state index contributed by atoms with van der Waals surface area (Å²) in [5, 5.41) is 0. The molecule has 0 aliphatic heterocycles. The summed E-state index contributed by atoms with van der Waals surface area (Å²) in [5.74, 6) is 4.36. The van der Waals surface area contributed by atoms with Gasteiger partial charge in [-0.25, -0.2) is 0 Å². The van der Waals surface area contributed by atoms with Crippen LogP contribution in [-0.4, -0.2) is 24.6 Å². The minimum absolute atomic E-state index is 0.161. The number of hydrogen-bond donors (Lipinski definition) is 0. The van der Waals surface area contributed by atoms with Crippen molar-refractivity contribution in [1.82, 2.24) is 0 Å². The molecule has 4 heteroatoms. The Kier molecular flexibility index (Phi) is 8.35. The highest BCUT2D eigenvalue weighted by atomic mass is 16.6. The molecule has 0 bridgehead atoms. The van der Waals surface area contributed by atoms with E-state index in [1.54, 1.807) is 0 Å².